The molecule has 4 heterocycles. The molecule has 0 atom stereocenters. The minimum Gasteiger partial charge on any atom is -0.463 e. The predicted molar refractivity (Wildman–Crippen MR) is 102 cm³/mol. The van der Waals surface area contributed by atoms with Crippen LogP contribution < -0.4 is 14.5 Å². The number of unbranched alkanes of at least 4 members (excludes halogenated alkanes) is 1. The van der Waals surface area contributed by atoms with Gasteiger partial charge in [-0.1, -0.05) is 13.3 Å². The second-order valence-corrected chi connectivity index (χ2v) is 6.63. The smallest absolute Gasteiger partial charge is 0.319 e. The van der Waals surface area contributed by atoms with Crippen LogP contribution in [0.15, 0.2) is 6.33 Å². The summed E-state index contributed by atoms with van der Waals surface area (Å²) >= 11 is 0. The molecule has 0 spiro atoms. The number of hydrogen-bond acceptors (Lipinski definition) is 9. The van der Waals surface area contributed by atoms with Crippen molar-refractivity contribution >= 4 is 22.7 Å². The fourth-order valence-electron chi connectivity index (χ4n) is 3.27. The largest absolute Gasteiger partial charge is 0.463 e. The maximum atomic E-state index is 5.85. The Morgan fingerprint density at radius 2 is 1.56 bits per heavy atom. The Morgan fingerprint density at radius 1 is 0.889 bits per heavy atom. The zero-order valence-electron chi connectivity index (χ0n) is 15.8. The van der Waals surface area contributed by atoms with E-state index < -0.39 is 0 Å². The molecular formula is C18H26N6O3. The highest BCUT2D eigenvalue weighted by atomic mass is 16.5. The fourth-order valence-corrected chi connectivity index (χ4v) is 3.27. The van der Waals surface area contributed by atoms with Gasteiger partial charge in [0.25, 0.3) is 0 Å². The molecule has 146 valence electrons. The molecule has 0 radical (unpaired) electrons. The summed E-state index contributed by atoms with van der Waals surface area (Å²) in [6, 6.07) is 0.391. The molecule has 0 saturated carbocycles. The first-order valence-electron chi connectivity index (χ1n) is 9.67. The van der Waals surface area contributed by atoms with Crippen molar-refractivity contribution in [3.63, 3.8) is 0 Å². The second kappa shape index (κ2) is 8.62. The number of ether oxygens (including phenoxy) is 3. The van der Waals surface area contributed by atoms with Crippen molar-refractivity contribution in [2.24, 2.45) is 0 Å². The van der Waals surface area contributed by atoms with Crippen molar-refractivity contribution in [2.45, 2.75) is 19.8 Å². The third-order valence-electron chi connectivity index (χ3n) is 4.77. The molecule has 2 aromatic rings. The van der Waals surface area contributed by atoms with Crippen LogP contribution in [0, 0.1) is 0 Å². The van der Waals surface area contributed by atoms with E-state index in [9.17, 15) is 0 Å². The maximum Gasteiger partial charge on any atom is 0.319 e. The molecule has 2 aromatic heterocycles. The summed E-state index contributed by atoms with van der Waals surface area (Å²) in [5.74, 6) is 1.62. The lowest BCUT2D eigenvalue weighted by atomic mass is 10.3. The van der Waals surface area contributed by atoms with Crippen LogP contribution in [0.2, 0.25) is 0 Å². The number of anilines is 2. The summed E-state index contributed by atoms with van der Waals surface area (Å²) in [4.78, 5) is 22.8. The highest BCUT2D eigenvalue weighted by molar-refractivity contribution is 5.93. The van der Waals surface area contributed by atoms with E-state index in [4.69, 9.17) is 14.2 Å². The second-order valence-electron chi connectivity index (χ2n) is 6.63. The van der Waals surface area contributed by atoms with Crippen LogP contribution in [0.5, 0.6) is 6.01 Å². The average molecular weight is 374 g/mol. The summed E-state index contributed by atoms with van der Waals surface area (Å²) in [5, 5.41) is 0. The van der Waals surface area contributed by atoms with E-state index in [1.54, 1.807) is 6.33 Å². The maximum absolute atomic E-state index is 5.85. The van der Waals surface area contributed by atoms with Gasteiger partial charge in [-0.15, -0.1) is 0 Å². The van der Waals surface area contributed by atoms with Crippen LogP contribution >= 0.6 is 0 Å². The highest BCUT2D eigenvalue weighted by Gasteiger charge is 2.23. The number of nitrogens with zero attached hydrogens (tertiary/aromatic N) is 6. The standard InChI is InChI=1S/C18H26N6O3/c1-2-3-8-27-18-21-15-14(17(22-18)24-6-11-26-12-7-24)19-13-20-16(15)23-4-9-25-10-5-23/h13H,2-12H2,1H3. The van der Waals surface area contributed by atoms with Gasteiger partial charge in [0.1, 0.15) is 17.4 Å². The molecule has 2 aliphatic heterocycles. The lowest BCUT2D eigenvalue weighted by Crippen LogP contribution is -2.38. The van der Waals surface area contributed by atoms with E-state index in [0.29, 0.717) is 39.0 Å². The molecule has 9 heteroatoms. The number of morpholine rings is 2. The van der Waals surface area contributed by atoms with Crippen molar-refractivity contribution in [3.8, 4) is 6.01 Å². The van der Waals surface area contributed by atoms with E-state index in [2.05, 4.69) is 36.7 Å². The molecule has 2 saturated heterocycles. The van der Waals surface area contributed by atoms with Gasteiger partial charge < -0.3 is 24.0 Å². The van der Waals surface area contributed by atoms with Gasteiger partial charge in [-0.3, -0.25) is 0 Å². The van der Waals surface area contributed by atoms with E-state index in [-0.39, 0.29) is 0 Å². The third-order valence-corrected chi connectivity index (χ3v) is 4.77. The van der Waals surface area contributed by atoms with Gasteiger partial charge in [0.15, 0.2) is 11.6 Å². The van der Waals surface area contributed by atoms with Gasteiger partial charge in [0.2, 0.25) is 0 Å². The first kappa shape index (κ1) is 18.1. The number of aromatic nitrogens is 4. The lowest BCUT2D eigenvalue weighted by Gasteiger charge is -2.30. The minimum atomic E-state index is 0.391. The molecular weight excluding hydrogens is 348 g/mol. The zero-order valence-corrected chi connectivity index (χ0v) is 15.8. The molecule has 0 N–H and O–H groups in total. The summed E-state index contributed by atoms with van der Waals surface area (Å²) < 4.78 is 16.8. The number of rotatable bonds is 6. The summed E-state index contributed by atoms with van der Waals surface area (Å²) in [6.45, 7) is 8.59. The van der Waals surface area contributed by atoms with Gasteiger partial charge in [-0.25, -0.2) is 9.97 Å². The normalized spacial score (nSPS) is 18.1. The van der Waals surface area contributed by atoms with E-state index in [0.717, 1.165) is 61.7 Å². The molecule has 2 fully saturated rings. The van der Waals surface area contributed by atoms with Gasteiger partial charge in [-0.05, 0) is 6.42 Å². The Labute approximate surface area is 158 Å². The van der Waals surface area contributed by atoms with Crippen LogP contribution in [0.3, 0.4) is 0 Å². The van der Waals surface area contributed by atoms with Crippen molar-refractivity contribution in [1.82, 2.24) is 19.9 Å². The van der Waals surface area contributed by atoms with Crippen LogP contribution in [-0.4, -0.2) is 79.1 Å². The van der Waals surface area contributed by atoms with Crippen LogP contribution in [-0.2, 0) is 9.47 Å². The summed E-state index contributed by atoms with van der Waals surface area (Å²) in [5.41, 5.74) is 1.50. The SMILES string of the molecule is CCCCOc1nc(N2CCOCC2)c2ncnc(N3CCOCC3)c2n1. The third kappa shape index (κ3) is 4.03. The minimum absolute atomic E-state index is 0.391. The Balaban J connectivity index is 1.76. The summed E-state index contributed by atoms with van der Waals surface area (Å²) in [6.07, 6.45) is 3.62. The molecule has 0 bridgehead atoms. The first-order valence-corrected chi connectivity index (χ1v) is 9.67. The van der Waals surface area contributed by atoms with Gasteiger partial charge >= 0.3 is 6.01 Å². The molecule has 0 aromatic carbocycles. The van der Waals surface area contributed by atoms with E-state index in [1.165, 1.54) is 0 Å². The van der Waals surface area contributed by atoms with Crippen molar-refractivity contribution < 1.29 is 14.2 Å². The highest BCUT2D eigenvalue weighted by Crippen LogP contribution is 2.30. The van der Waals surface area contributed by atoms with Gasteiger partial charge in [-0.2, -0.15) is 9.97 Å². The monoisotopic (exact) mass is 374 g/mol. The topological polar surface area (TPSA) is 85.7 Å². The van der Waals surface area contributed by atoms with Crippen molar-refractivity contribution in [1.29, 1.82) is 0 Å². The predicted octanol–water partition coefficient (Wildman–Crippen LogP) is 1.27. The van der Waals surface area contributed by atoms with Crippen LogP contribution in [0.4, 0.5) is 11.6 Å². The lowest BCUT2D eigenvalue weighted by molar-refractivity contribution is 0.122. The number of hydrogen-bond donors (Lipinski definition) is 0. The van der Waals surface area contributed by atoms with Crippen molar-refractivity contribution in [3.05, 3.63) is 6.33 Å². The number of fused-ring (bicyclic) bond motifs is 1. The fraction of sp³-hybridized carbons (Fsp3) is 0.667. The summed E-state index contributed by atoms with van der Waals surface area (Å²) in [7, 11) is 0. The first-order chi connectivity index (χ1) is 13.4. The Morgan fingerprint density at radius 3 is 2.22 bits per heavy atom. The van der Waals surface area contributed by atoms with Crippen LogP contribution in [0.25, 0.3) is 11.0 Å². The van der Waals surface area contributed by atoms with Crippen LogP contribution in [0.1, 0.15) is 19.8 Å². The van der Waals surface area contributed by atoms with E-state index in [1.807, 2.05) is 0 Å². The van der Waals surface area contributed by atoms with Gasteiger partial charge in [0.05, 0.1) is 33.0 Å². The molecule has 4 rings (SSSR count). The molecule has 27 heavy (non-hydrogen) atoms. The van der Waals surface area contributed by atoms with Gasteiger partial charge in [0, 0.05) is 26.2 Å². The Hall–Kier alpha value is -2.26. The quantitative estimate of drug-likeness (QED) is 0.694. The average Bonchev–Trinajstić information content (AvgIpc) is 2.74. The molecule has 0 unspecified atom stereocenters. The Bertz CT molecular complexity index is 762. The Kier molecular flexibility index (Phi) is 5.78. The molecule has 9 nitrogen and oxygen atoms in total. The molecule has 0 amide bonds. The zero-order chi connectivity index (χ0) is 18.5. The van der Waals surface area contributed by atoms with Crippen molar-refractivity contribution in [2.75, 3.05) is 69.0 Å². The molecule has 2 aliphatic rings. The molecule has 0 aliphatic carbocycles. The van der Waals surface area contributed by atoms with E-state index >= 15 is 0 Å².